The minimum absolute atomic E-state index is 0.0947. The van der Waals surface area contributed by atoms with Crippen molar-refractivity contribution in [3.8, 4) is 5.69 Å². The number of benzene rings is 1. The van der Waals surface area contributed by atoms with E-state index in [1.165, 1.54) is 10.7 Å². The van der Waals surface area contributed by atoms with Gasteiger partial charge in [0.25, 0.3) is 0 Å². The number of nitrogens with two attached hydrogens (primary N) is 1. The molecule has 0 aliphatic heterocycles. The zero-order chi connectivity index (χ0) is 13.4. The molecule has 2 aromatic rings. The van der Waals surface area contributed by atoms with Gasteiger partial charge in [0.1, 0.15) is 0 Å². The van der Waals surface area contributed by atoms with Gasteiger partial charge in [-0.25, -0.2) is 9.48 Å². The van der Waals surface area contributed by atoms with Crippen LogP contribution >= 0.6 is 11.6 Å². The molecule has 0 saturated heterocycles. The Balaban J connectivity index is 2.71. The molecule has 0 aliphatic carbocycles. The van der Waals surface area contributed by atoms with Crippen molar-refractivity contribution in [1.29, 1.82) is 0 Å². The van der Waals surface area contributed by atoms with Crippen molar-refractivity contribution in [2.75, 3.05) is 5.73 Å². The van der Waals surface area contributed by atoms with Crippen LogP contribution in [0, 0.1) is 13.8 Å². The van der Waals surface area contributed by atoms with Crippen molar-refractivity contribution in [2.45, 2.75) is 13.8 Å². The van der Waals surface area contributed by atoms with Crippen molar-refractivity contribution in [1.82, 2.24) is 9.78 Å². The summed E-state index contributed by atoms with van der Waals surface area (Å²) in [6.07, 6.45) is 0. The number of halogens is 1. The maximum atomic E-state index is 11.2. The molecule has 94 valence electrons. The molecule has 18 heavy (non-hydrogen) atoms. The first kappa shape index (κ1) is 12.4. The Hall–Kier alpha value is -2.01. The molecular formula is C12H12ClN3O2. The highest BCUT2D eigenvalue weighted by Gasteiger charge is 2.17. The average molecular weight is 266 g/mol. The van der Waals surface area contributed by atoms with E-state index in [9.17, 15) is 9.90 Å². The number of rotatable bonds is 2. The molecule has 1 aromatic carbocycles. The minimum atomic E-state index is -1.05. The molecule has 3 N–H and O–H groups in total. The fraction of sp³-hybridized carbons (Fsp3) is 0.167. The van der Waals surface area contributed by atoms with Crippen LogP contribution in [-0.4, -0.2) is 20.9 Å². The quantitative estimate of drug-likeness (QED) is 0.817. The summed E-state index contributed by atoms with van der Waals surface area (Å²) in [5, 5.41) is 14.0. The van der Waals surface area contributed by atoms with Crippen LogP contribution in [0.1, 0.15) is 21.7 Å². The second-order valence-electron chi connectivity index (χ2n) is 3.98. The summed E-state index contributed by atoms with van der Waals surface area (Å²) in [5.41, 5.74) is 7.88. The lowest BCUT2D eigenvalue weighted by molar-refractivity contribution is 0.0697. The van der Waals surface area contributed by atoms with Crippen molar-refractivity contribution < 1.29 is 9.90 Å². The van der Waals surface area contributed by atoms with E-state index in [-0.39, 0.29) is 5.56 Å². The lowest BCUT2D eigenvalue weighted by Gasteiger charge is -2.09. The minimum Gasteiger partial charge on any atom is -0.478 e. The second-order valence-corrected chi connectivity index (χ2v) is 4.36. The van der Waals surface area contributed by atoms with Gasteiger partial charge in [0.15, 0.2) is 0 Å². The number of nitrogen functional groups attached to an aromatic ring is 1. The van der Waals surface area contributed by atoms with Crippen LogP contribution < -0.4 is 5.73 Å². The SMILES string of the molecule is Cc1nn(-c2ccc(N)cc2C(=O)O)c(C)c1Cl. The van der Waals surface area contributed by atoms with Gasteiger partial charge in [-0.1, -0.05) is 11.6 Å². The number of carboxylic acids is 1. The van der Waals surface area contributed by atoms with Gasteiger partial charge >= 0.3 is 5.97 Å². The zero-order valence-corrected chi connectivity index (χ0v) is 10.7. The van der Waals surface area contributed by atoms with Gasteiger partial charge in [0.05, 0.1) is 27.7 Å². The standard InChI is InChI=1S/C12H12ClN3O2/c1-6-11(13)7(2)16(15-6)10-4-3-8(14)5-9(10)12(17)18/h3-5H,14H2,1-2H3,(H,17,18). The highest BCUT2D eigenvalue weighted by Crippen LogP contribution is 2.25. The highest BCUT2D eigenvalue weighted by atomic mass is 35.5. The van der Waals surface area contributed by atoms with Crippen molar-refractivity contribution in [3.05, 3.63) is 40.2 Å². The third-order valence-electron chi connectivity index (χ3n) is 2.68. The molecule has 0 amide bonds. The average Bonchev–Trinajstić information content (AvgIpc) is 2.57. The van der Waals surface area contributed by atoms with Gasteiger partial charge in [-0.15, -0.1) is 0 Å². The number of nitrogens with zero attached hydrogens (tertiary/aromatic N) is 2. The molecule has 0 saturated carbocycles. The molecule has 0 bridgehead atoms. The fourth-order valence-electron chi connectivity index (χ4n) is 1.77. The molecule has 6 heteroatoms. The van der Waals surface area contributed by atoms with Gasteiger partial charge in [-0.2, -0.15) is 5.10 Å². The van der Waals surface area contributed by atoms with E-state index in [0.717, 1.165) is 0 Å². The monoisotopic (exact) mass is 265 g/mol. The fourth-order valence-corrected chi connectivity index (χ4v) is 1.89. The number of carboxylic acid groups (broad SMARTS) is 1. The zero-order valence-electron chi connectivity index (χ0n) is 9.94. The molecule has 1 heterocycles. The maximum absolute atomic E-state index is 11.2. The van der Waals surface area contributed by atoms with Crippen LogP contribution in [-0.2, 0) is 0 Å². The van der Waals surface area contributed by atoms with Gasteiger partial charge < -0.3 is 10.8 Å². The Kier molecular flexibility index (Phi) is 3.00. The number of aryl methyl sites for hydroxylation is 1. The molecular weight excluding hydrogens is 254 g/mol. The first-order chi connectivity index (χ1) is 8.41. The topological polar surface area (TPSA) is 81.1 Å². The van der Waals surface area contributed by atoms with E-state index in [1.807, 2.05) is 0 Å². The Labute approximate surface area is 109 Å². The normalized spacial score (nSPS) is 10.6. The molecule has 0 fully saturated rings. The van der Waals surface area contributed by atoms with E-state index in [2.05, 4.69) is 5.10 Å². The van der Waals surface area contributed by atoms with Gasteiger partial charge in [0, 0.05) is 5.69 Å². The summed E-state index contributed by atoms with van der Waals surface area (Å²) in [5.74, 6) is -1.05. The predicted octanol–water partition coefficient (Wildman–Crippen LogP) is 2.42. The summed E-state index contributed by atoms with van der Waals surface area (Å²) in [4.78, 5) is 11.2. The summed E-state index contributed by atoms with van der Waals surface area (Å²) < 4.78 is 1.51. The summed E-state index contributed by atoms with van der Waals surface area (Å²) >= 11 is 6.06. The van der Waals surface area contributed by atoms with E-state index in [4.69, 9.17) is 17.3 Å². The number of hydrogen-bond acceptors (Lipinski definition) is 3. The lowest BCUT2D eigenvalue weighted by Crippen LogP contribution is -2.08. The first-order valence-electron chi connectivity index (χ1n) is 5.26. The van der Waals surface area contributed by atoms with Crippen molar-refractivity contribution in [2.24, 2.45) is 0 Å². The first-order valence-corrected chi connectivity index (χ1v) is 5.64. The Morgan fingerprint density at radius 3 is 2.61 bits per heavy atom. The third-order valence-corrected chi connectivity index (χ3v) is 3.23. The van der Waals surface area contributed by atoms with Crippen LogP contribution in [0.2, 0.25) is 5.02 Å². The number of aromatic carboxylic acids is 1. The molecule has 1 aromatic heterocycles. The van der Waals surface area contributed by atoms with Gasteiger partial charge in [-0.3, -0.25) is 0 Å². The van der Waals surface area contributed by atoms with Crippen LogP contribution in [0.5, 0.6) is 0 Å². The second kappa shape index (κ2) is 4.34. The number of carbonyl (C=O) groups is 1. The molecule has 2 rings (SSSR count). The Morgan fingerprint density at radius 1 is 1.44 bits per heavy atom. The maximum Gasteiger partial charge on any atom is 0.337 e. The van der Waals surface area contributed by atoms with E-state index >= 15 is 0 Å². The van der Waals surface area contributed by atoms with E-state index in [0.29, 0.717) is 27.8 Å². The van der Waals surface area contributed by atoms with Crippen LogP contribution in [0.15, 0.2) is 18.2 Å². The van der Waals surface area contributed by atoms with E-state index in [1.54, 1.807) is 26.0 Å². The Morgan fingerprint density at radius 2 is 2.11 bits per heavy atom. The molecule has 0 atom stereocenters. The summed E-state index contributed by atoms with van der Waals surface area (Å²) in [7, 11) is 0. The Bertz CT molecular complexity index is 634. The summed E-state index contributed by atoms with van der Waals surface area (Å²) in [6.45, 7) is 3.55. The number of hydrogen-bond donors (Lipinski definition) is 2. The molecule has 5 nitrogen and oxygen atoms in total. The van der Waals surface area contributed by atoms with Crippen LogP contribution in [0.4, 0.5) is 5.69 Å². The van der Waals surface area contributed by atoms with E-state index < -0.39 is 5.97 Å². The molecule has 0 unspecified atom stereocenters. The lowest BCUT2D eigenvalue weighted by atomic mass is 10.1. The van der Waals surface area contributed by atoms with Crippen molar-refractivity contribution in [3.63, 3.8) is 0 Å². The molecule has 0 aliphatic rings. The van der Waals surface area contributed by atoms with Crippen molar-refractivity contribution >= 4 is 23.3 Å². The van der Waals surface area contributed by atoms with Gasteiger partial charge in [0.2, 0.25) is 0 Å². The third kappa shape index (κ3) is 1.93. The predicted molar refractivity (Wildman–Crippen MR) is 69.4 cm³/mol. The molecule has 0 spiro atoms. The van der Waals surface area contributed by atoms with Crippen LogP contribution in [0.3, 0.4) is 0 Å². The largest absolute Gasteiger partial charge is 0.478 e. The highest BCUT2D eigenvalue weighted by molar-refractivity contribution is 6.31. The van der Waals surface area contributed by atoms with Crippen LogP contribution in [0.25, 0.3) is 5.69 Å². The smallest absolute Gasteiger partial charge is 0.337 e. The molecule has 0 radical (unpaired) electrons. The number of aromatic nitrogens is 2. The number of anilines is 1. The summed E-state index contributed by atoms with van der Waals surface area (Å²) in [6, 6.07) is 4.66. The van der Waals surface area contributed by atoms with Gasteiger partial charge in [-0.05, 0) is 32.0 Å².